The van der Waals surface area contributed by atoms with Crippen molar-refractivity contribution in [1.82, 2.24) is 10.2 Å². The number of hydrogen-bond acceptors (Lipinski definition) is 3. The second-order valence-corrected chi connectivity index (χ2v) is 7.68. The first-order valence-electron chi connectivity index (χ1n) is 10.0. The zero-order valence-electron chi connectivity index (χ0n) is 15.7. The van der Waals surface area contributed by atoms with Gasteiger partial charge in [-0.1, -0.05) is 60.7 Å². The summed E-state index contributed by atoms with van der Waals surface area (Å²) in [6.45, 7) is 2.82. The Morgan fingerprint density at radius 1 is 1.04 bits per heavy atom. The molecule has 1 saturated heterocycles. The maximum absolute atomic E-state index is 12.1. The molecule has 1 saturated carbocycles. The summed E-state index contributed by atoms with van der Waals surface area (Å²) in [6.07, 6.45) is 3.33. The molecule has 0 aromatic heterocycles. The third-order valence-electron chi connectivity index (χ3n) is 5.44. The van der Waals surface area contributed by atoms with E-state index in [0.29, 0.717) is 25.1 Å². The van der Waals surface area contributed by atoms with Crippen LogP contribution in [-0.4, -0.2) is 49.2 Å². The predicted molar refractivity (Wildman–Crippen MR) is 107 cm³/mol. The molecular weight excluding hydrogens is 336 g/mol. The summed E-state index contributed by atoms with van der Waals surface area (Å²) in [6, 6.07) is 21.7. The lowest BCUT2D eigenvalue weighted by Gasteiger charge is -2.34. The van der Waals surface area contributed by atoms with E-state index in [-0.39, 0.29) is 12.0 Å². The summed E-state index contributed by atoms with van der Waals surface area (Å²) in [4.78, 5) is 14.4. The van der Waals surface area contributed by atoms with Gasteiger partial charge in [0, 0.05) is 25.0 Å². The maximum atomic E-state index is 12.1. The van der Waals surface area contributed by atoms with Crippen molar-refractivity contribution < 1.29 is 9.53 Å². The Morgan fingerprint density at radius 2 is 1.67 bits per heavy atom. The number of nitrogens with zero attached hydrogens (tertiary/aromatic N) is 1. The predicted octanol–water partition coefficient (Wildman–Crippen LogP) is 3.19. The molecule has 142 valence electrons. The molecule has 1 N–H and O–H groups in total. The van der Waals surface area contributed by atoms with Crippen LogP contribution in [0.15, 0.2) is 60.7 Å². The van der Waals surface area contributed by atoms with Gasteiger partial charge < -0.3 is 10.1 Å². The number of amides is 1. The van der Waals surface area contributed by atoms with Gasteiger partial charge in [0.2, 0.25) is 5.91 Å². The van der Waals surface area contributed by atoms with Crippen molar-refractivity contribution >= 4 is 5.91 Å². The number of morpholine rings is 1. The van der Waals surface area contributed by atoms with Crippen LogP contribution in [0, 0.1) is 0 Å². The monoisotopic (exact) mass is 364 g/mol. The SMILES string of the molecule is O=C(CN1CCOC(CC(c2ccccc2)c2ccccc2)C1)NC1CC1. The fraction of sp³-hybridized carbons (Fsp3) is 0.435. The Kier molecular flexibility index (Phi) is 5.85. The van der Waals surface area contributed by atoms with E-state index in [0.717, 1.165) is 32.4 Å². The fourth-order valence-corrected chi connectivity index (χ4v) is 3.87. The van der Waals surface area contributed by atoms with E-state index in [9.17, 15) is 4.79 Å². The largest absolute Gasteiger partial charge is 0.376 e. The number of rotatable bonds is 7. The van der Waals surface area contributed by atoms with Crippen molar-refractivity contribution in [3.63, 3.8) is 0 Å². The van der Waals surface area contributed by atoms with E-state index in [4.69, 9.17) is 4.74 Å². The Bertz CT molecular complexity index is 691. The van der Waals surface area contributed by atoms with Crippen LogP contribution >= 0.6 is 0 Å². The molecule has 0 bridgehead atoms. The van der Waals surface area contributed by atoms with Crippen LogP contribution in [0.25, 0.3) is 0 Å². The highest BCUT2D eigenvalue weighted by Crippen LogP contribution is 2.30. The van der Waals surface area contributed by atoms with Crippen LogP contribution in [0.2, 0.25) is 0 Å². The minimum atomic E-state index is 0.137. The molecule has 2 aliphatic rings. The summed E-state index contributed by atoms with van der Waals surface area (Å²) in [5.41, 5.74) is 2.63. The molecule has 2 aromatic carbocycles. The standard InChI is InChI=1S/C23H28N2O2/c26-23(24-20-11-12-20)17-25-13-14-27-21(16-25)15-22(18-7-3-1-4-8-18)19-9-5-2-6-10-19/h1-10,20-22H,11-17H2,(H,24,26). The Labute approximate surface area is 161 Å². The smallest absolute Gasteiger partial charge is 0.234 e. The molecule has 1 aliphatic heterocycles. The Hall–Kier alpha value is -2.17. The van der Waals surface area contributed by atoms with Gasteiger partial charge in [0.15, 0.2) is 0 Å². The molecule has 2 fully saturated rings. The molecular formula is C23H28N2O2. The molecule has 2 aromatic rings. The minimum Gasteiger partial charge on any atom is -0.376 e. The number of hydrogen-bond donors (Lipinski definition) is 1. The lowest BCUT2D eigenvalue weighted by Crippen LogP contribution is -2.47. The quantitative estimate of drug-likeness (QED) is 0.820. The molecule has 4 rings (SSSR count). The van der Waals surface area contributed by atoms with Gasteiger partial charge in [-0.25, -0.2) is 0 Å². The van der Waals surface area contributed by atoms with Gasteiger partial charge in [-0.15, -0.1) is 0 Å². The van der Waals surface area contributed by atoms with Crippen LogP contribution < -0.4 is 5.32 Å². The zero-order chi connectivity index (χ0) is 18.5. The third-order valence-corrected chi connectivity index (χ3v) is 5.44. The second-order valence-electron chi connectivity index (χ2n) is 7.68. The van der Waals surface area contributed by atoms with Crippen molar-refractivity contribution in [1.29, 1.82) is 0 Å². The van der Waals surface area contributed by atoms with Gasteiger partial charge in [-0.2, -0.15) is 0 Å². The number of carbonyl (C=O) groups excluding carboxylic acids is 1. The third kappa shape index (κ3) is 5.18. The van der Waals surface area contributed by atoms with Gasteiger partial charge in [0.05, 0.1) is 19.3 Å². The van der Waals surface area contributed by atoms with Gasteiger partial charge in [0.1, 0.15) is 0 Å². The molecule has 0 radical (unpaired) electrons. The van der Waals surface area contributed by atoms with Crippen molar-refractivity contribution in [3.8, 4) is 0 Å². The highest BCUT2D eigenvalue weighted by molar-refractivity contribution is 5.78. The topological polar surface area (TPSA) is 41.6 Å². The molecule has 4 heteroatoms. The minimum absolute atomic E-state index is 0.137. The summed E-state index contributed by atoms with van der Waals surface area (Å²) in [5.74, 6) is 0.457. The van der Waals surface area contributed by atoms with Crippen molar-refractivity contribution in [2.24, 2.45) is 0 Å². The van der Waals surface area contributed by atoms with Crippen LogP contribution in [0.1, 0.15) is 36.3 Å². The Balaban J connectivity index is 1.42. The summed E-state index contributed by atoms with van der Waals surface area (Å²) in [5, 5.41) is 3.09. The lowest BCUT2D eigenvalue weighted by molar-refractivity contribution is -0.124. The summed E-state index contributed by atoms with van der Waals surface area (Å²) >= 11 is 0. The van der Waals surface area contributed by atoms with Crippen LogP contribution in [0.4, 0.5) is 0 Å². The fourth-order valence-electron chi connectivity index (χ4n) is 3.87. The summed E-state index contributed by atoms with van der Waals surface area (Å²) < 4.78 is 6.08. The first kappa shape index (κ1) is 18.2. The van der Waals surface area contributed by atoms with Crippen LogP contribution in [0.3, 0.4) is 0 Å². The first-order chi connectivity index (χ1) is 13.3. The van der Waals surface area contributed by atoms with E-state index >= 15 is 0 Å². The number of carbonyl (C=O) groups is 1. The van der Waals surface area contributed by atoms with Gasteiger partial charge in [-0.05, 0) is 30.4 Å². The molecule has 0 spiro atoms. The average Bonchev–Trinajstić information content (AvgIpc) is 3.51. The Morgan fingerprint density at radius 3 is 2.26 bits per heavy atom. The van der Waals surface area contributed by atoms with Gasteiger partial charge in [0.25, 0.3) is 0 Å². The van der Waals surface area contributed by atoms with Crippen LogP contribution in [-0.2, 0) is 9.53 Å². The van der Waals surface area contributed by atoms with E-state index in [2.05, 4.69) is 70.9 Å². The maximum Gasteiger partial charge on any atom is 0.234 e. The molecule has 27 heavy (non-hydrogen) atoms. The zero-order valence-corrected chi connectivity index (χ0v) is 15.7. The number of ether oxygens (including phenoxy) is 1. The highest BCUT2D eigenvalue weighted by Gasteiger charge is 2.28. The van der Waals surface area contributed by atoms with Crippen molar-refractivity contribution in [2.45, 2.75) is 37.3 Å². The number of benzene rings is 2. The highest BCUT2D eigenvalue weighted by atomic mass is 16.5. The van der Waals surface area contributed by atoms with Gasteiger partial charge in [-0.3, -0.25) is 9.69 Å². The summed E-state index contributed by atoms with van der Waals surface area (Å²) in [7, 11) is 0. The van der Waals surface area contributed by atoms with Crippen LogP contribution in [0.5, 0.6) is 0 Å². The lowest BCUT2D eigenvalue weighted by atomic mass is 9.86. The normalized spacial score (nSPS) is 20.6. The number of nitrogens with one attached hydrogen (secondary N) is 1. The van der Waals surface area contributed by atoms with E-state index in [1.807, 2.05) is 0 Å². The van der Waals surface area contributed by atoms with Gasteiger partial charge >= 0.3 is 0 Å². The molecule has 4 nitrogen and oxygen atoms in total. The second kappa shape index (κ2) is 8.68. The molecule has 1 aliphatic carbocycles. The first-order valence-corrected chi connectivity index (χ1v) is 10.0. The molecule has 1 amide bonds. The molecule has 1 heterocycles. The van der Waals surface area contributed by atoms with E-state index in [1.54, 1.807) is 0 Å². The molecule has 1 atom stereocenters. The van der Waals surface area contributed by atoms with E-state index in [1.165, 1.54) is 11.1 Å². The average molecular weight is 364 g/mol. The van der Waals surface area contributed by atoms with Crippen molar-refractivity contribution in [2.75, 3.05) is 26.2 Å². The molecule has 1 unspecified atom stereocenters. The van der Waals surface area contributed by atoms with Crippen molar-refractivity contribution in [3.05, 3.63) is 71.8 Å². The van der Waals surface area contributed by atoms with E-state index < -0.39 is 0 Å².